The molecule has 0 radical (unpaired) electrons. The van der Waals surface area contributed by atoms with E-state index in [0.717, 1.165) is 19.6 Å². The third-order valence-electron chi connectivity index (χ3n) is 6.74. The number of rotatable bonds is 8. The van der Waals surface area contributed by atoms with Crippen molar-refractivity contribution in [2.45, 2.75) is 24.8 Å². The molecule has 0 aromatic heterocycles. The van der Waals surface area contributed by atoms with Gasteiger partial charge in [0.15, 0.2) is 0 Å². The molecule has 1 atom stereocenters. The van der Waals surface area contributed by atoms with Gasteiger partial charge in [-0.1, -0.05) is 60.1 Å². The summed E-state index contributed by atoms with van der Waals surface area (Å²) in [5.41, 5.74) is 0.485. The minimum absolute atomic E-state index is 0.0704. The number of likely N-dealkylation sites (tertiary alicyclic amines) is 1. The van der Waals surface area contributed by atoms with E-state index in [4.69, 9.17) is 16.3 Å². The second kappa shape index (κ2) is 10.7. The molecule has 8 heteroatoms. The van der Waals surface area contributed by atoms with E-state index in [1.807, 2.05) is 18.2 Å². The third-order valence-corrected chi connectivity index (χ3v) is 7.07. The Labute approximate surface area is 205 Å². The Kier molecular flexibility index (Phi) is 7.66. The molecular formula is C26H30ClN3O4. The number of nitrogens with zero attached hydrogens (tertiary/aromatic N) is 3. The van der Waals surface area contributed by atoms with E-state index < -0.39 is 5.41 Å². The average molecular weight is 484 g/mol. The number of halogens is 1. The van der Waals surface area contributed by atoms with Crippen LogP contribution in [0.2, 0.25) is 5.02 Å². The number of amides is 3. The molecular weight excluding hydrogens is 454 g/mol. The van der Waals surface area contributed by atoms with E-state index in [-0.39, 0.29) is 43.7 Å². The summed E-state index contributed by atoms with van der Waals surface area (Å²) in [5.74, 6) is -0.810. The number of benzene rings is 2. The molecule has 2 heterocycles. The number of hydrogen-bond donors (Lipinski definition) is 0. The Morgan fingerprint density at radius 3 is 2.35 bits per heavy atom. The average Bonchev–Trinajstić information content (AvgIpc) is 3.08. The fraction of sp³-hybridized carbons (Fsp3) is 0.423. The van der Waals surface area contributed by atoms with Crippen molar-refractivity contribution in [3.63, 3.8) is 0 Å². The Morgan fingerprint density at radius 2 is 1.68 bits per heavy atom. The van der Waals surface area contributed by atoms with Crippen LogP contribution in [0.25, 0.3) is 0 Å². The number of hydrogen-bond acceptors (Lipinski definition) is 5. The Balaban J connectivity index is 1.49. The molecule has 7 nitrogen and oxygen atoms in total. The summed E-state index contributed by atoms with van der Waals surface area (Å²) in [4.78, 5) is 45.2. The van der Waals surface area contributed by atoms with Crippen molar-refractivity contribution in [2.75, 3.05) is 46.4 Å². The van der Waals surface area contributed by atoms with E-state index in [1.54, 1.807) is 29.2 Å². The van der Waals surface area contributed by atoms with Gasteiger partial charge in [-0.25, -0.2) is 0 Å². The second-order valence-corrected chi connectivity index (χ2v) is 9.31. The van der Waals surface area contributed by atoms with Crippen LogP contribution in [0, 0.1) is 0 Å². The van der Waals surface area contributed by atoms with E-state index >= 15 is 0 Å². The summed E-state index contributed by atoms with van der Waals surface area (Å²) >= 11 is 6.49. The largest absolute Gasteiger partial charge is 0.383 e. The number of carbonyl (C=O) groups is 3. The maximum absolute atomic E-state index is 13.6. The van der Waals surface area contributed by atoms with E-state index in [2.05, 4.69) is 17.0 Å². The second-order valence-electron chi connectivity index (χ2n) is 8.90. The minimum atomic E-state index is -1.29. The normalized spacial score (nSPS) is 21.4. The van der Waals surface area contributed by atoms with E-state index in [0.29, 0.717) is 23.7 Å². The van der Waals surface area contributed by atoms with Crippen molar-refractivity contribution in [1.82, 2.24) is 14.7 Å². The van der Waals surface area contributed by atoms with Crippen LogP contribution in [0.15, 0.2) is 54.6 Å². The van der Waals surface area contributed by atoms with Crippen LogP contribution >= 0.6 is 11.6 Å². The van der Waals surface area contributed by atoms with Gasteiger partial charge in [0.2, 0.25) is 17.7 Å². The number of imide groups is 1. The molecule has 2 aliphatic rings. The summed E-state index contributed by atoms with van der Waals surface area (Å²) in [5, 5.41) is 0.387. The van der Waals surface area contributed by atoms with Crippen molar-refractivity contribution < 1.29 is 19.1 Å². The van der Waals surface area contributed by atoms with Gasteiger partial charge in [0.25, 0.3) is 0 Å². The first-order valence-corrected chi connectivity index (χ1v) is 12.0. The Morgan fingerprint density at radius 1 is 1.00 bits per heavy atom. The lowest BCUT2D eigenvalue weighted by molar-refractivity contribution is -0.143. The highest BCUT2D eigenvalue weighted by molar-refractivity contribution is 6.32. The molecule has 3 amide bonds. The zero-order chi connectivity index (χ0) is 24.1. The first-order valence-electron chi connectivity index (χ1n) is 11.6. The first kappa shape index (κ1) is 24.4. The molecule has 2 aromatic carbocycles. The van der Waals surface area contributed by atoms with Crippen LogP contribution in [0.3, 0.4) is 0 Å². The lowest BCUT2D eigenvalue weighted by Crippen LogP contribution is -2.50. The zero-order valence-corrected chi connectivity index (χ0v) is 20.2. The molecule has 0 bridgehead atoms. The Hall–Kier alpha value is -2.74. The van der Waals surface area contributed by atoms with Crippen LogP contribution in [0.5, 0.6) is 0 Å². The molecule has 2 saturated heterocycles. The van der Waals surface area contributed by atoms with Crippen molar-refractivity contribution in [3.05, 3.63) is 70.7 Å². The molecule has 0 saturated carbocycles. The van der Waals surface area contributed by atoms with Gasteiger partial charge < -0.3 is 9.64 Å². The van der Waals surface area contributed by atoms with Gasteiger partial charge in [0.05, 0.1) is 18.6 Å². The van der Waals surface area contributed by atoms with Gasteiger partial charge in [0, 0.05) is 57.7 Å². The minimum Gasteiger partial charge on any atom is -0.383 e. The highest BCUT2D eigenvalue weighted by atomic mass is 35.5. The number of piperazine rings is 1. The van der Waals surface area contributed by atoms with Gasteiger partial charge in [0.1, 0.15) is 0 Å². The molecule has 0 spiro atoms. The fourth-order valence-electron chi connectivity index (χ4n) is 4.87. The van der Waals surface area contributed by atoms with Crippen LogP contribution in [-0.2, 0) is 31.1 Å². The zero-order valence-electron chi connectivity index (χ0n) is 19.4. The highest BCUT2D eigenvalue weighted by Crippen LogP contribution is 2.43. The predicted octanol–water partition coefficient (Wildman–Crippen LogP) is 2.72. The molecule has 2 fully saturated rings. The monoisotopic (exact) mass is 483 g/mol. The quantitative estimate of drug-likeness (QED) is 0.540. The molecule has 0 N–H and O–H groups in total. The summed E-state index contributed by atoms with van der Waals surface area (Å²) < 4.78 is 5.07. The number of carbonyl (C=O) groups excluding carboxylic acids is 3. The predicted molar refractivity (Wildman–Crippen MR) is 129 cm³/mol. The Bertz CT molecular complexity index is 1040. The molecule has 4 rings (SSSR count). The fourth-order valence-corrected chi connectivity index (χ4v) is 5.19. The standard InChI is InChI=1S/C26H30ClN3O4/c1-34-16-15-30-24(32)18-26(25(30)33,21-9-5-6-10-22(21)27)17-23(31)29-13-11-28(12-14-29)19-20-7-3-2-4-8-20/h2-10H,11-19H2,1H3. The van der Waals surface area contributed by atoms with Crippen LogP contribution in [0.1, 0.15) is 24.0 Å². The van der Waals surface area contributed by atoms with Crippen molar-refractivity contribution >= 4 is 29.3 Å². The number of ether oxygens (including phenoxy) is 1. The van der Waals surface area contributed by atoms with Crippen molar-refractivity contribution in [2.24, 2.45) is 0 Å². The first-order chi connectivity index (χ1) is 16.4. The van der Waals surface area contributed by atoms with Crippen LogP contribution in [0.4, 0.5) is 0 Å². The van der Waals surface area contributed by atoms with Crippen molar-refractivity contribution in [1.29, 1.82) is 0 Å². The summed E-state index contributed by atoms with van der Waals surface area (Å²) in [7, 11) is 1.52. The van der Waals surface area contributed by atoms with Crippen LogP contribution in [-0.4, -0.2) is 78.9 Å². The lowest BCUT2D eigenvalue weighted by atomic mass is 9.75. The highest BCUT2D eigenvalue weighted by Gasteiger charge is 2.54. The SMILES string of the molecule is COCCN1C(=O)CC(CC(=O)N2CCN(Cc3ccccc3)CC2)(c2ccccc2Cl)C1=O. The van der Waals surface area contributed by atoms with Crippen molar-refractivity contribution in [3.8, 4) is 0 Å². The van der Waals surface area contributed by atoms with Gasteiger partial charge in [-0.3, -0.25) is 24.2 Å². The van der Waals surface area contributed by atoms with Gasteiger partial charge in [-0.2, -0.15) is 0 Å². The molecule has 2 aromatic rings. The molecule has 1 unspecified atom stereocenters. The maximum atomic E-state index is 13.6. The molecule has 180 valence electrons. The molecule has 0 aliphatic carbocycles. The van der Waals surface area contributed by atoms with E-state index in [1.165, 1.54) is 17.6 Å². The summed E-state index contributed by atoms with van der Waals surface area (Å²) in [6.45, 7) is 3.92. The van der Waals surface area contributed by atoms with Gasteiger partial charge in [-0.15, -0.1) is 0 Å². The van der Waals surface area contributed by atoms with Gasteiger partial charge in [-0.05, 0) is 17.2 Å². The lowest BCUT2D eigenvalue weighted by Gasteiger charge is -2.37. The van der Waals surface area contributed by atoms with Crippen LogP contribution < -0.4 is 0 Å². The topological polar surface area (TPSA) is 70.2 Å². The summed E-state index contributed by atoms with van der Waals surface area (Å²) in [6.07, 6.45) is -0.150. The summed E-state index contributed by atoms with van der Waals surface area (Å²) in [6, 6.07) is 17.3. The molecule has 34 heavy (non-hydrogen) atoms. The smallest absolute Gasteiger partial charge is 0.241 e. The maximum Gasteiger partial charge on any atom is 0.241 e. The molecule has 2 aliphatic heterocycles. The number of methoxy groups -OCH3 is 1. The van der Waals surface area contributed by atoms with Gasteiger partial charge >= 0.3 is 0 Å². The van der Waals surface area contributed by atoms with E-state index in [9.17, 15) is 14.4 Å². The third kappa shape index (κ3) is 5.02.